The molecule has 6 fully saturated rings. The first-order chi connectivity index (χ1) is 10.3. The lowest BCUT2D eigenvalue weighted by atomic mass is 9.49. The van der Waals surface area contributed by atoms with Gasteiger partial charge in [-0.1, -0.05) is 19.3 Å². The average Bonchev–Trinajstić information content (AvgIpc) is 2.67. The first kappa shape index (κ1) is 13.4. The molecule has 1 aliphatic heterocycles. The van der Waals surface area contributed by atoms with E-state index in [1.807, 2.05) is 0 Å². The summed E-state index contributed by atoms with van der Waals surface area (Å²) in [7, 11) is 0. The lowest BCUT2D eigenvalue weighted by Gasteiger charge is -2.58. The minimum Gasteiger partial charge on any atom is -0.300 e. The van der Waals surface area contributed by atoms with E-state index >= 15 is 0 Å². The first-order valence-electron chi connectivity index (χ1n) is 10.0. The summed E-state index contributed by atoms with van der Waals surface area (Å²) in [5, 5.41) is 0. The normalized spacial score (nSPS) is 52.9. The third-order valence-electron chi connectivity index (χ3n) is 8.08. The molecule has 0 aromatic rings. The van der Waals surface area contributed by atoms with E-state index in [4.69, 9.17) is 0 Å². The van der Waals surface area contributed by atoms with Gasteiger partial charge in [0.05, 0.1) is 0 Å². The molecular formula is C20H33N. The van der Waals surface area contributed by atoms with E-state index < -0.39 is 0 Å². The fourth-order valence-electron chi connectivity index (χ4n) is 7.79. The van der Waals surface area contributed by atoms with E-state index in [9.17, 15) is 0 Å². The topological polar surface area (TPSA) is 3.24 Å². The second kappa shape index (κ2) is 4.98. The van der Waals surface area contributed by atoms with Gasteiger partial charge in [0, 0.05) is 12.6 Å². The number of nitrogens with zero attached hydrogens (tertiary/aromatic N) is 1. The van der Waals surface area contributed by atoms with E-state index in [0.717, 1.165) is 35.1 Å². The highest BCUT2D eigenvalue weighted by atomic mass is 15.2. The highest BCUT2D eigenvalue weighted by Gasteiger charge is 2.52. The van der Waals surface area contributed by atoms with Gasteiger partial charge in [-0.25, -0.2) is 0 Å². The molecule has 21 heavy (non-hydrogen) atoms. The summed E-state index contributed by atoms with van der Waals surface area (Å²) >= 11 is 0. The quantitative estimate of drug-likeness (QED) is 0.701. The van der Waals surface area contributed by atoms with E-state index in [0.29, 0.717) is 0 Å². The van der Waals surface area contributed by atoms with Gasteiger partial charge in [-0.15, -0.1) is 0 Å². The van der Waals surface area contributed by atoms with Gasteiger partial charge in [0.1, 0.15) is 0 Å². The van der Waals surface area contributed by atoms with Crippen molar-refractivity contribution in [1.82, 2.24) is 4.90 Å². The molecule has 118 valence electrons. The van der Waals surface area contributed by atoms with Crippen molar-refractivity contribution < 1.29 is 0 Å². The van der Waals surface area contributed by atoms with Crippen LogP contribution in [0, 0.1) is 29.1 Å². The van der Waals surface area contributed by atoms with Crippen molar-refractivity contribution in [3.63, 3.8) is 0 Å². The van der Waals surface area contributed by atoms with Crippen molar-refractivity contribution in [3.05, 3.63) is 0 Å². The molecule has 5 aliphatic carbocycles. The van der Waals surface area contributed by atoms with Crippen LogP contribution in [0.25, 0.3) is 0 Å². The van der Waals surface area contributed by atoms with Crippen molar-refractivity contribution >= 4 is 0 Å². The van der Waals surface area contributed by atoms with Crippen LogP contribution in [-0.4, -0.2) is 24.0 Å². The summed E-state index contributed by atoms with van der Waals surface area (Å²) in [6.45, 7) is 2.94. The van der Waals surface area contributed by atoms with Gasteiger partial charge < -0.3 is 0 Å². The summed E-state index contributed by atoms with van der Waals surface area (Å²) < 4.78 is 0. The maximum Gasteiger partial charge on any atom is 0.0124 e. The highest BCUT2D eigenvalue weighted by molar-refractivity contribution is 5.04. The summed E-state index contributed by atoms with van der Waals surface area (Å²) in [6.07, 6.45) is 18.8. The van der Waals surface area contributed by atoms with E-state index in [-0.39, 0.29) is 0 Å². The third-order valence-corrected chi connectivity index (χ3v) is 8.08. The molecule has 5 saturated carbocycles. The fourth-order valence-corrected chi connectivity index (χ4v) is 7.79. The third kappa shape index (κ3) is 2.30. The molecule has 0 aromatic heterocycles. The lowest BCUT2D eigenvalue weighted by Crippen LogP contribution is -2.52. The van der Waals surface area contributed by atoms with Crippen LogP contribution >= 0.6 is 0 Å². The standard InChI is InChI=1S/C20H33N/c1-2-4-18-6-7-21(19(18)5-3-1)14-20-11-15-8-16(12-20)10-17(9-15)13-20/h15-19H,1-14H2/t15?,16?,17?,18-,19+,20?/m1/s1. The minimum absolute atomic E-state index is 0.774. The van der Waals surface area contributed by atoms with Crippen molar-refractivity contribution in [3.8, 4) is 0 Å². The Morgan fingerprint density at radius 3 is 2.14 bits per heavy atom. The van der Waals surface area contributed by atoms with Crippen molar-refractivity contribution in [2.24, 2.45) is 29.1 Å². The van der Waals surface area contributed by atoms with Gasteiger partial charge in [0.15, 0.2) is 0 Å². The van der Waals surface area contributed by atoms with Gasteiger partial charge in [0.25, 0.3) is 0 Å². The maximum atomic E-state index is 3.00. The van der Waals surface area contributed by atoms with E-state index in [1.165, 1.54) is 45.2 Å². The molecule has 1 saturated heterocycles. The smallest absolute Gasteiger partial charge is 0.0124 e. The predicted octanol–water partition coefficient (Wildman–Crippen LogP) is 4.86. The SMILES string of the molecule is C1CC[C@@H]2CCN(CC34CC5CC(CC(C5)C3)C4)[C@H]2CC1. The number of hydrogen-bond acceptors (Lipinski definition) is 1. The lowest BCUT2D eigenvalue weighted by molar-refractivity contribution is -0.0718. The predicted molar refractivity (Wildman–Crippen MR) is 87.2 cm³/mol. The van der Waals surface area contributed by atoms with E-state index in [2.05, 4.69) is 4.90 Å². The molecule has 4 bridgehead atoms. The molecule has 1 heterocycles. The molecule has 0 aromatic carbocycles. The molecule has 6 rings (SSSR count). The largest absolute Gasteiger partial charge is 0.300 e. The Morgan fingerprint density at radius 2 is 1.43 bits per heavy atom. The number of fused-ring (bicyclic) bond motifs is 1. The van der Waals surface area contributed by atoms with Crippen LogP contribution in [0.4, 0.5) is 0 Å². The zero-order chi connectivity index (χ0) is 13.9. The van der Waals surface area contributed by atoms with Crippen LogP contribution in [0.3, 0.4) is 0 Å². The monoisotopic (exact) mass is 287 g/mol. The zero-order valence-electron chi connectivity index (χ0n) is 13.7. The Labute approximate surface area is 130 Å². The number of hydrogen-bond donors (Lipinski definition) is 0. The van der Waals surface area contributed by atoms with Crippen molar-refractivity contribution in [2.75, 3.05) is 13.1 Å². The second-order valence-electron chi connectivity index (χ2n) is 9.64. The molecule has 0 spiro atoms. The molecule has 6 aliphatic rings. The molecule has 0 amide bonds. The number of likely N-dealkylation sites (tertiary alicyclic amines) is 1. The first-order valence-corrected chi connectivity index (χ1v) is 10.0. The van der Waals surface area contributed by atoms with Crippen LogP contribution < -0.4 is 0 Å². The number of rotatable bonds is 2. The highest BCUT2D eigenvalue weighted by Crippen LogP contribution is 2.60. The molecule has 1 nitrogen and oxygen atoms in total. The van der Waals surface area contributed by atoms with Gasteiger partial charge in [-0.2, -0.15) is 0 Å². The Bertz CT molecular complexity index is 365. The fraction of sp³-hybridized carbons (Fsp3) is 1.00. The Balaban J connectivity index is 1.33. The van der Waals surface area contributed by atoms with Gasteiger partial charge >= 0.3 is 0 Å². The summed E-state index contributed by atoms with van der Waals surface area (Å²) in [5.41, 5.74) is 0.774. The van der Waals surface area contributed by atoms with Crippen LogP contribution in [-0.2, 0) is 0 Å². The summed E-state index contributed by atoms with van der Waals surface area (Å²) in [5.74, 6) is 4.46. The van der Waals surface area contributed by atoms with E-state index in [1.54, 1.807) is 44.9 Å². The van der Waals surface area contributed by atoms with Crippen LogP contribution in [0.2, 0.25) is 0 Å². The Kier molecular flexibility index (Phi) is 3.18. The zero-order valence-corrected chi connectivity index (χ0v) is 13.7. The molecule has 1 heteroatoms. The van der Waals surface area contributed by atoms with Crippen molar-refractivity contribution in [2.45, 2.75) is 83.1 Å². The summed E-state index contributed by atoms with van der Waals surface area (Å²) in [4.78, 5) is 3.00. The average molecular weight is 287 g/mol. The molecule has 2 atom stereocenters. The van der Waals surface area contributed by atoms with Crippen LogP contribution in [0.5, 0.6) is 0 Å². The van der Waals surface area contributed by atoms with Crippen LogP contribution in [0.1, 0.15) is 77.0 Å². The Morgan fingerprint density at radius 1 is 0.762 bits per heavy atom. The molecular weight excluding hydrogens is 254 g/mol. The molecule has 0 radical (unpaired) electrons. The molecule has 0 unspecified atom stereocenters. The molecule has 0 N–H and O–H groups in total. The van der Waals surface area contributed by atoms with Gasteiger partial charge in [0.2, 0.25) is 0 Å². The van der Waals surface area contributed by atoms with Gasteiger partial charge in [-0.05, 0) is 93.4 Å². The second-order valence-corrected chi connectivity index (χ2v) is 9.64. The summed E-state index contributed by atoms with van der Waals surface area (Å²) in [6, 6.07) is 0.987. The van der Waals surface area contributed by atoms with Crippen molar-refractivity contribution in [1.29, 1.82) is 0 Å². The Hall–Kier alpha value is -0.0400. The minimum atomic E-state index is 0.774. The van der Waals surface area contributed by atoms with Crippen LogP contribution in [0.15, 0.2) is 0 Å². The van der Waals surface area contributed by atoms with Gasteiger partial charge in [-0.3, -0.25) is 4.90 Å². The maximum absolute atomic E-state index is 3.00.